The van der Waals surface area contributed by atoms with Crippen LogP contribution in [0.5, 0.6) is 0 Å². The van der Waals surface area contributed by atoms with Crippen LogP contribution >= 0.6 is 0 Å². The Kier molecular flexibility index (Phi) is 7.25. The maximum absolute atomic E-state index is 10.9. The largest absolute Gasteiger partial charge is 0.481 e. The molecule has 2 N–H and O–H groups in total. The van der Waals surface area contributed by atoms with E-state index in [9.17, 15) is 9.59 Å². The molecule has 0 radical (unpaired) electrons. The zero-order chi connectivity index (χ0) is 13.6. The summed E-state index contributed by atoms with van der Waals surface area (Å²) >= 11 is 0. The molecule has 0 aliphatic carbocycles. The summed E-state index contributed by atoms with van der Waals surface area (Å²) < 4.78 is 0. The minimum Gasteiger partial charge on any atom is -0.481 e. The van der Waals surface area contributed by atoms with Gasteiger partial charge in [0.25, 0.3) is 0 Å². The number of hydrogen-bond donors (Lipinski definition) is 2. The molecule has 0 aromatic heterocycles. The van der Waals surface area contributed by atoms with Crippen LogP contribution in [-0.4, -0.2) is 27.6 Å². The minimum atomic E-state index is -1.04. The van der Waals surface area contributed by atoms with Crippen LogP contribution in [-0.2, 0) is 9.59 Å². The van der Waals surface area contributed by atoms with Crippen LogP contribution in [0.2, 0.25) is 0 Å². The highest BCUT2D eigenvalue weighted by molar-refractivity contribution is 5.94. The van der Waals surface area contributed by atoms with Crippen molar-refractivity contribution in [3.63, 3.8) is 0 Å². The fourth-order valence-corrected chi connectivity index (χ4v) is 0.823. The van der Waals surface area contributed by atoms with E-state index in [0.29, 0.717) is 6.42 Å². The van der Waals surface area contributed by atoms with Gasteiger partial charge in [0.1, 0.15) is 12.2 Å². The van der Waals surface area contributed by atoms with Crippen molar-refractivity contribution in [2.75, 3.05) is 0 Å². The molecule has 0 rings (SSSR count). The molecule has 0 saturated heterocycles. The molecule has 0 aliphatic rings. The third kappa shape index (κ3) is 29.2. The Morgan fingerprint density at radius 3 is 1.50 bits per heavy atom. The number of carbonyl (C=O) groups is 2. The number of rotatable bonds is 3. The van der Waals surface area contributed by atoms with Crippen molar-refractivity contribution in [2.45, 2.75) is 60.0 Å². The van der Waals surface area contributed by atoms with Gasteiger partial charge >= 0.3 is 5.97 Å². The Balaban J connectivity index is 0. The van der Waals surface area contributed by atoms with Crippen molar-refractivity contribution >= 4 is 11.8 Å². The smallest absolute Gasteiger partial charge is 0.310 e. The fourth-order valence-electron chi connectivity index (χ4n) is 0.823. The summed E-state index contributed by atoms with van der Waals surface area (Å²) in [6.45, 7) is 11.0. The number of aliphatic hydroxyl groups is 1. The molecule has 96 valence electrons. The van der Waals surface area contributed by atoms with E-state index in [2.05, 4.69) is 0 Å². The predicted molar refractivity (Wildman–Crippen MR) is 63.3 cm³/mol. The van der Waals surface area contributed by atoms with Gasteiger partial charge in [0.15, 0.2) is 0 Å². The summed E-state index contributed by atoms with van der Waals surface area (Å²) in [5.74, 6) is -1.25. The quantitative estimate of drug-likeness (QED) is 0.732. The minimum absolute atomic E-state index is 0.105. The van der Waals surface area contributed by atoms with E-state index in [0.717, 1.165) is 0 Å². The Morgan fingerprint density at radius 1 is 1.00 bits per heavy atom. The number of ketones is 1. The molecule has 4 nitrogen and oxygen atoms in total. The Labute approximate surface area is 97.7 Å². The maximum Gasteiger partial charge on any atom is 0.310 e. The second-order valence-electron chi connectivity index (χ2n) is 6.02. The van der Waals surface area contributed by atoms with Gasteiger partial charge in [0, 0.05) is 6.42 Å². The molecule has 0 amide bonds. The molecular weight excluding hydrogens is 208 g/mol. The van der Waals surface area contributed by atoms with E-state index in [1.165, 1.54) is 0 Å². The summed E-state index contributed by atoms with van der Waals surface area (Å²) in [5.41, 5.74) is -0.605. The fraction of sp³-hybridized carbons (Fsp3) is 0.833. The van der Waals surface area contributed by atoms with Gasteiger partial charge in [0.2, 0.25) is 0 Å². The van der Waals surface area contributed by atoms with Gasteiger partial charge in [-0.15, -0.1) is 0 Å². The highest BCUT2D eigenvalue weighted by Crippen LogP contribution is 2.19. The van der Waals surface area contributed by atoms with Crippen molar-refractivity contribution in [1.82, 2.24) is 0 Å². The Hall–Kier alpha value is -0.900. The lowest BCUT2D eigenvalue weighted by atomic mass is 9.89. The average molecular weight is 232 g/mol. The van der Waals surface area contributed by atoms with Gasteiger partial charge in [0.05, 0.1) is 5.60 Å². The first-order valence-electron chi connectivity index (χ1n) is 5.27. The molecular formula is C12H24O4. The SMILES string of the molecule is CC(C)(C)CC(=O)CC(=O)O.CC(C)(C)O. The molecule has 0 bridgehead atoms. The first kappa shape index (κ1) is 17.5. The summed E-state index contributed by atoms with van der Waals surface area (Å²) in [4.78, 5) is 21.0. The van der Waals surface area contributed by atoms with Crippen LogP contribution in [0.1, 0.15) is 54.4 Å². The number of carboxylic acid groups (broad SMARTS) is 1. The van der Waals surface area contributed by atoms with Crippen LogP contribution in [0, 0.1) is 5.41 Å². The average Bonchev–Trinajstić information content (AvgIpc) is 1.72. The Bertz CT molecular complexity index is 224. The summed E-state index contributed by atoms with van der Waals surface area (Å²) in [5, 5.41) is 16.8. The third-order valence-electron chi connectivity index (χ3n) is 1.08. The second kappa shape index (κ2) is 6.63. The standard InChI is InChI=1S/C8H14O3.C4H10O/c1-8(2,3)5-6(9)4-7(10)11;1-4(2,3)5/h4-5H2,1-3H3,(H,10,11);5H,1-3H3. The molecule has 0 aromatic carbocycles. The van der Waals surface area contributed by atoms with Gasteiger partial charge in [-0.3, -0.25) is 9.59 Å². The van der Waals surface area contributed by atoms with Crippen molar-refractivity contribution < 1.29 is 19.8 Å². The highest BCUT2D eigenvalue weighted by Gasteiger charge is 2.17. The molecule has 0 aliphatic heterocycles. The van der Waals surface area contributed by atoms with E-state index in [-0.39, 0.29) is 17.6 Å². The van der Waals surface area contributed by atoms with Crippen molar-refractivity contribution in [3.8, 4) is 0 Å². The van der Waals surface area contributed by atoms with Crippen LogP contribution in [0.15, 0.2) is 0 Å². The lowest BCUT2D eigenvalue weighted by molar-refractivity contribution is -0.140. The third-order valence-corrected chi connectivity index (χ3v) is 1.08. The van der Waals surface area contributed by atoms with E-state index >= 15 is 0 Å². The van der Waals surface area contributed by atoms with Crippen molar-refractivity contribution in [2.24, 2.45) is 5.41 Å². The van der Waals surface area contributed by atoms with E-state index in [1.807, 2.05) is 20.8 Å². The number of aliphatic carboxylic acids is 1. The summed E-state index contributed by atoms with van der Waals surface area (Å²) in [6, 6.07) is 0. The zero-order valence-electron chi connectivity index (χ0n) is 11.1. The second-order valence-corrected chi connectivity index (χ2v) is 6.02. The molecule has 0 unspecified atom stereocenters. The van der Waals surface area contributed by atoms with Gasteiger partial charge < -0.3 is 10.2 Å². The van der Waals surface area contributed by atoms with Gasteiger partial charge in [-0.2, -0.15) is 0 Å². The molecule has 0 atom stereocenters. The normalized spacial score (nSPS) is 11.4. The molecule has 0 aromatic rings. The van der Waals surface area contributed by atoms with Gasteiger partial charge in [-0.05, 0) is 26.2 Å². The van der Waals surface area contributed by atoms with Gasteiger partial charge in [-0.1, -0.05) is 20.8 Å². The molecule has 16 heavy (non-hydrogen) atoms. The van der Waals surface area contributed by atoms with E-state index < -0.39 is 11.6 Å². The van der Waals surface area contributed by atoms with Crippen LogP contribution in [0.4, 0.5) is 0 Å². The topological polar surface area (TPSA) is 74.6 Å². The molecule has 4 heteroatoms. The molecule has 0 spiro atoms. The number of Topliss-reactive ketones (excluding diaryl/α,β-unsaturated/α-hetero) is 1. The van der Waals surface area contributed by atoms with Crippen molar-refractivity contribution in [3.05, 3.63) is 0 Å². The molecule has 0 fully saturated rings. The monoisotopic (exact) mass is 232 g/mol. The molecule has 0 saturated carbocycles. The van der Waals surface area contributed by atoms with Crippen molar-refractivity contribution in [1.29, 1.82) is 0 Å². The lowest BCUT2D eigenvalue weighted by Gasteiger charge is -2.15. The van der Waals surface area contributed by atoms with Crippen LogP contribution in [0.3, 0.4) is 0 Å². The Morgan fingerprint density at radius 2 is 1.31 bits per heavy atom. The first-order chi connectivity index (χ1) is 6.81. The summed E-state index contributed by atoms with van der Waals surface area (Å²) in [6.07, 6.45) is -0.0173. The van der Waals surface area contributed by atoms with E-state index in [4.69, 9.17) is 10.2 Å². The first-order valence-corrected chi connectivity index (χ1v) is 5.27. The number of carboxylic acids is 1. The molecule has 0 heterocycles. The maximum atomic E-state index is 10.9. The van der Waals surface area contributed by atoms with Crippen LogP contribution in [0.25, 0.3) is 0 Å². The lowest BCUT2D eigenvalue weighted by Crippen LogP contribution is -2.15. The van der Waals surface area contributed by atoms with Crippen LogP contribution < -0.4 is 0 Å². The summed E-state index contributed by atoms with van der Waals surface area (Å²) in [7, 11) is 0. The highest BCUT2D eigenvalue weighted by atomic mass is 16.4. The number of carbonyl (C=O) groups excluding carboxylic acids is 1. The number of hydrogen-bond acceptors (Lipinski definition) is 3. The predicted octanol–water partition coefficient (Wildman–Crippen LogP) is 2.24. The van der Waals surface area contributed by atoms with E-state index in [1.54, 1.807) is 20.8 Å². The zero-order valence-corrected chi connectivity index (χ0v) is 11.1. The van der Waals surface area contributed by atoms with Gasteiger partial charge in [-0.25, -0.2) is 0 Å².